The van der Waals surface area contributed by atoms with Crippen LogP contribution in [0, 0.1) is 0 Å². The molecule has 1 fully saturated rings. The van der Waals surface area contributed by atoms with E-state index in [0.717, 1.165) is 36.4 Å². The van der Waals surface area contributed by atoms with Crippen molar-refractivity contribution >= 4 is 11.8 Å². The molecule has 0 amide bonds. The summed E-state index contributed by atoms with van der Waals surface area (Å²) in [5.41, 5.74) is 2.32. The third-order valence-electron chi connectivity index (χ3n) is 3.51. The lowest BCUT2D eigenvalue weighted by Crippen LogP contribution is -2.34. The molecule has 2 atom stereocenters. The van der Waals surface area contributed by atoms with E-state index in [9.17, 15) is 4.79 Å². The van der Waals surface area contributed by atoms with E-state index >= 15 is 0 Å². The normalized spacial score (nSPS) is 29.3. The Kier molecular flexibility index (Phi) is 2.59. The molecule has 0 saturated carbocycles. The molecule has 0 spiro atoms. The van der Waals surface area contributed by atoms with Crippen molar-refractivity contribution in [2.75, 3.05) is 11.5 Å². The fourth-order valence-corrected chi connectivity index (χ4v) is 3.73. The number of thioether (sulfide) groups is 1. The van der Waals surface area contributed by atoms with Crippen LogP contribution in [0.15, 0.2) is 4.79 Å². The van der Waals surface area contributed by atoms with E-state index in [2.05, 4.69) is 17.3 Å². The van der Waals surface area contributed by atoms with Gasteiger partial charge in [-0.05, 0) is 25.5 Å². The number of aromatic nitrogens is 2. The van der Waals surface area contributed by atoms with E-state index in [1.807, 2.05) is 16.4 Å². The third kappa shape index (κ3) is 1.62. The molecule has 1 aromatic heterocycles. The molecule has 88 valence electrons. The van der Waals surface area contributed by atoms with Crippen molar-refractivity contribution in [1.82, 2.24) is 15.1 Å². The highest BCUT2D eigenvalue weighted by molar-refractivity contribution is 7.99. The maximum Gasteiger partial charge on any atom is 0.270 e. The van der Waals surface area contributed by atoms with Crippen LogP contribution in [0.1, 0.15) is 30.6 Å². The van der Waals surface area contributed by atoms with E-state index in [1.165, 1.54) is 5.75 Å². The average Bonchev–Trinajstić information content (AvgIpc) is 2.87. The van der Waals surface area contributed by atoms with Gasteiger partial charge in [-0.1, -0.05) is 0 Å². The van der Waals surface area contributed by atoms with Crippen LogP contribution in [0.3, 0.4) is 0 Å². The molecule has 0 bridgehead atoms. The van der Waals surface area contributed by atoms with Crippen LogP contribution >= 0.6 is 11.8 Å². The highest BCUT2D eigenvalue weighted by Crippen LogP contribution is 2.27. The van der Waals surface area contributed by atoms with Crippen LogP contribution in [-0.4, -0.2) is 27.3 Å². The molecule has 4 nitrogen and oxygen atoms in total. The van der Waals surface area contributed by atoms with Crippen LogP contribution < -0.4 is 10.9 Å². The minimum absolute atomic E-state index is 0.218. The number of rotatable bonds is 1. The molecule has 2 unspecified atom stereocenters. The van der Waals surface area contributed by atoms with Crippen LogP contribution in [0.5, 0.6) is 0 Å². The van der Waals surface area contributed by atoms with Gasteiger partial charge in [0.15, 0.2) is 0 Å². The Morgan fingerprint density at radius 3 is 3.12 bits per heavy atom. The zero-order chi connectivity index (χ0) is 11.1. The van der Waals surface area contributed by atoms with E-state index < -0.39 is 0 Å². The first-order chi connectivity index (χ1) is 7.75. The fourth-order valence-electron chi connectivity index (χ4n) is 2.53. The molecule has 5 heteroatoms. The molecule has 1 saturated heterocycles. The Bertz CT molecular complexity index is 445. The summed E-state index contributed by atoms with van der Waals surface area (Å²) < 4.78 is 1.87. The monoisotopic (exact) mass is 239 g/mol. The maximum atomic E-state index is 12.2. The third-order valence-corrected chi connectivity index (χ3v) is 4.65. The summed E-state index contributed by atoms with van der Waals surface area (Å²) in [5.74, 6) is 2.25. The van der Waals surface area contributed by atoms with E-state index in [1.54, 1.807) is 0 Å². The Morgan fingerprint density at radius 2 is 2.38 bits per heavy atom. The first-order valence-corrected chi connectivity index (χ1v) is 7.04. The van der Waals surface area contributed by atoms with Gasteiger partial charge in [0.1, 0.15) is 0 Å². The molecule has 16 heavy (non-hydrogen) atoms. The van der Waals surface area contributed by atoms with Gasteiger partial charge >= 0.3 is 0 Å². The predicted molar refractivity (Wildman–Crippen MR) is 66.0 cm³/mol. The fraction of sp³-hybridized carbons (Fsp3) is 0.727. The van der Waals surface area contributed by atoms with Gasteiger partial charge in [-0.2, -0.15) is 11.8 Å². The van der Waals surface area contributed by atoms with Crippen molar-refractivity contribution in [3.05, 3.63) is 21.6 Å². The van der Waals surface area contributed by atoms with E-state index in [0.29, 0.717) is 12.1 Å². The first-order valence-electron chi connectivity index (χ1n) is 5.89. The molecular formula is C11H17N3OS. The molecule has 3 heterocycles. The van der Waals surface area contributed by atoms with Gasteiger partial charge in [0.05, 0.1) is 11.7 Å². The summed E-state index contributed by atoms with van der Waals surface area (Å²) in [7, 11) is 0. The number of hydrogen-bond donors (Lipinski definition) is 2. The van der Waals surface area contributed by atoms with Gasteiger partial charge in [0, 0.05) is 23.9 Å². The lowest BCUT2D eigenvalue weighted by molar-refractivity contribution is 0.477. The second kappa shape index (κ2) is 3.96. The van der Waals surface area contributed by atoms with Crippen LogP contribution in [0.4, 0.5) is 0 Å². The molecule has 2 aliphatic rings. The van der Waals surface area contributed by atoms with Crippen LogP contribution in [0.25, 0.3) is 0 Å². The quantitative estimate of drug-likeness (QED) is 0.765. The summed E-state index contributed by atoms with van der Waals surface area (Å²) in [4.78, 5) is 12.2. The molecule has 3 rings (SSSR count). The molecule has 2 aliphatic heterocycles. The SMILES string of the molecule is CC1Cc2c([nH]n(C3CCSC3)c2=O)CN1. The second-order valence-electron chi connectivity index (χ2n) is 4.75. The molecule has 0 radical (unpaired) electrons. The minimum atomic E-state index is 0.218. The van der Waals surface area contributed by atoms with Crippen LogP contribution in [0.2, 0.25) is 0 Å². The first kappa shape index (κ1) is 10.5. The average molecular weight is 239 g/mol. The van der Waals surface area contributed by atoms with Crippen molar-refractivity contribution in [3.63, 3.8) is 0 Å². The number of nitrogens with zero attached hydrogens (tertiary/aromatic N) is 1. The lowest BCUT2D eigenvalue weighted by Gasteiger charge is -2.18. The summed E-state index contributed by atoms with van der Waals surface area (Å²) in [6.07, 6.45) is 1.98. The van der Waals surface area contributed by atoms with E-state index in [-0.39, 0.29) is 5.56 Å². The van der Waals surface area contributed by atoms with Gasteiger partial charge in [0.2, 0.25) is 0 Å². The molecular weight excluding hydrogens is 222 g/mol. The zero-order valence-corrected chi connectivity index (χ0v) is 10.3. The highest BCUT2D eigenvalue weighted by Gasteiger charge is 2.26. The van der Waals surface area contributed by atoms with Crippen molar-refractivity contribution in [1.29, 1.82) is 0 Å². The van der Waals surface area contributed by atoms with E-state index in [4.69, 9.17) is 0 Å². The van der Waals surface area contributed by atoms with Crippen molar-refractivity contribution in [2.24, 2.45) is 0 Å². The minimum Gasteiger partial charge on any atom is -0.308 e. The molecule has 0 aromatic carbocycles. The summed E-state index contributed by atoms with van der Waals surface area (Å²) in [5, 5.41) is 6.67. The Labute approximate surface area is 98.8 Å². The smallest absolute Gasteiger partial charge is 0.270 e. The second-order valence-corrected chi connectivity index (χ2v) is 5.90. The van der Waals surface area contributed by atoms with Crippen molar-refractivity contribution < 1.29 is 0 Å². The topological polar surface area (TPSA) is 49.8 Å². The predicted octanol–water partition coefficient (Wildman–Crippen LogP) is 0.889. The molecule has 2 N–H and O–H groups in total. The molecule has 1 aromatic rings. The lowest BCUT2D eigenvalue weighted by atomic mass is 10.0. The summed E-state index contributed by atoms with van der Waals surface area (Å²) >= 11 is 1.94. The number of H-pyrrole nitrogens is 1. The maximum absolute atomic E-state index is 12.2. The Balaban J connectivity index is 1.98. The number of fused-ring (bicyclic) bond motifs is 1. The van der Waals surface area contributed by atoms with Gasteiger partial charge < -0.3 is 5.32 Å². The van der Waals surface area contributed by atoms with Gasteiger partial charge in [-0.25, -0.2) is 4.68 Å². The number of hydrogen-bond acceptors (Lipinski definition) is 3. The largest absolute Gasteiger partial charge is 0.308 e. The number of aromatic amines is 1. The van der Waals surface area contributed by atoms with Gasteiger partial charge in [-0.3, -0.25) is 9.89 Å². The van der Waals surface area contributed by atoms with Crippen LogP contribution in [-0.2, 0) is 13.0 Å². The zero-order valence-electron chi connectivity index (χ0n) is 9.45. The Morgan fingerprint density at radius 1 is 1.50 bits per heavy atom. The Hall–Kier alpha value is -0.680. The van der Waals surface area contributed by atoms with Crippen molar-refractivity contribution in [2.45, 2.75) is 38.4 Å². The standard InChI is InChI=1S/C11H17N3OS/c1-7-4-9-10(5-12-7)13-14(11(9)15)8-2-3-16-6-8/h7-8,12-13H,2-6H2,1H3. The van der Waals surface area contributed by atoms with Crippen molar-refractivity contribution in [3.8, 4) is 0 Å². The highest BCUT2D eigenvalue weighted by atomic mass is 32.2. The summed E-state index contributed by atoms with van der Waals surface area (Å²) in [6.45, 7) is 2.93. The van der Waals surface area contributed by atoms with Gasteiger partial charge in [-0.15, -0.1) is 0 Å². The summed E-state index contributed by atoms with van der Waals surface area (Å²) in [6, 6.07) is 0.806. The molecule has 0 aliphatic carbocycles. The van der Waals surface area contributed by atoms with Gasteiger partial charge in [0.25, 0.3) is 5.56 Å². The number of nitrogens with one attached hydrogen (secondary N) is 2.